The molecule has 11 heteroatoms. The number of hydrogen-bond acceptors (Lipinski definition) is 5. The van der Waals surface area contributed by atoms with Crippen molar-refractivity contribution in [2.75, 3.05) is 17.1 Å². The number of hydrogen-bond donors (Lipinski definition) is 2. The van der Waals surface area contributed by atoms with E-state index in [-0.39, 0.29) is 22.8 Å². The molecular weight excluding hydrogens is 522 g/mol. The molecule has 0 saturated heterocycles. The summed E-state index contributed by atoms with van der Waals surface area (Å²) in [4.78, 5) is -0.294. The number of primary sulfonamides is 1. The minimum Gasteiger partial charge on any atom is -0.493 e. The van der Waals surface area contributed by atoms with Crippen LogP contribution in [0.2, 0.25) is 5.02 Å². The van der Waals surface area contributed by atoms with Gasteiger partial charge >= 0.3 is 0 Å². The number of para-hydroxylation sites is 1. The zero-order valence-electron chi connectivity index (χ0n) is 19.5. The third-order valence-corrected chi connectivity index (χ3v) is 8.25. The molecule has 0 radical (unpaired) electrons. The zero-order valence-corrected chi connectivity index (χ0v) is 21.9. The number of nitrogens with two attached hydrogens (primary N) is 1. The van der Waals surface area contributed by atoms with Gasteiger partial charge in [0.05, 0.1) is 18.0 Å². The first kappa shape index (κ1) is 26.0. The highest BCUT2D eigenvalue weighted by atomic mass is 35.5. The molecule has 1 heterocycles. The van der Waals surface area contributed by atoms with Crippen LogP contribution in [-0.4, -0.2) is 33.8 Å². The highest BCUT2D eigenvalue weighted by Crippen LogP contribution is 2.26. The number of aryl methyl sites for hydroxylation is 2. The van der Waals surface area contributed by atoms with Crippen LogP contribution >= 0.6 is 11.6 Å². The van der Waals surface area contributed by atoms with E-state index in [9.17, 15) is 16.8 Å². The predicted octanol–water partition coefficient (Wildman–Crippen LogP) is 4.09. The summed E-state index contributed by atoms with van der Waals surface area (Å²) in [5.41, 5.74) is 2.86. The van der Waals surface area contributed by atoms with E-state index < -0.39 is 20.0 Å². The lowest BCUT2D eigenvalue weighted by Gasteiger charge is -2.14. The Morgan fingerprint density at radius 2 is 1.72 bits per heavy atom. The molecule has 1 aromatic heterocycles. The van der Waals surface area contributed by atoms with Gasteiger partial charge in [-0.1, -0.05) is 41.9 Å². The van der Waals surface area contributed by atoms with E-state index in [1.54, 1.807) is 18.2 Å². The number of ether oxygens (including phenoxy) is 1. The molecule has 0 unspecified atom stereocenters. The number of sulfonamides is 2. The molecule has 0 aliphatic heterocycles. The van der Waals surface area contributed by atoms with Crippen molar-refractivity contribution in [3.05, 3.63) is 89.1 Å². The SMILES string of the molecule is Cn1ccc2c(CCOc3cc(Cl)ccc3CCS(=O)(=O)Nc3ccccc3S(N)(=O)=O)cccc21. The van der Waals surface area contributed by atoms with Crippen LogP contribution in [0.4, 0.5) is 5.69 Å². The average molecular weight is 548 g/mol. The Bertz CT molecular complexity index is 1620. The minimum atomic E-state index is -4.09. The second-order valence-corrected chi connectivity index (χ2v) is 12.1. The summed E-state index contributed by atoms with van der Waals surface area (Å²) in [6.45, 7) is 0.383. The quantitative estimate of drug-likeness (QED) is 0.310. The molecule has 4 rings (SSSR count). The van der Waals surface area contributed by atoms with E-state index in [0.717, 1.165) is 16.5 Å². The van der Waals surface area contributed by atoms with Crippen LogP contribution in [0.15, 0.2) is 77.8 Å². The fourth-order valence-electron chi connectivity index (χ4n) is 3.99. The summed E-state index contributed by atoms with van der Waals surface area (Å²) in [5.74, 6) is 0.204. The summed E-state index contributed by atoms with van der Waals surface area (Å²) in [7, 11) is -5.98. The fourth-order valence-corrected chi connectivity index (χ4v) is 6.01. The Morgan fingerprint density at radius 1 is 0.944 bits per heavy atom. The van der Waals surface area contributed by atoms with Crippen molar-refractivity contribution in [2.45, 2.75) is 17.7 Å². The molecule has 0 bridgehead atoms. The number of rotatable bonds is 10. The van der Waals surface area contributed by atoms with Gasteiger partial charge in [-0.15, -0.1) is 0 Å². The number of nitrogens with zero attached hydrogens (tertiary/aromatic N) is 1. The number of halogens is 1. The molecule has 0 aliphatic rings. The smallest absolute Gasteiger partial charge is 0.240 e. The van der Waals surface area contributed by atoms with Crippen molar-refractivity contribution >= 4 is 48.2 Å². The van der Waals surface area contributed by atoms with Crippen LogP contribution in [0.25, 0.3) is 10.9 Å². The molecule has 0 saturated carbocycles. The number of fused-ring (bicyclic) bond motifs is 1. The van der Waals surface area contributed by atoms with Gasteiger partial charge in [0, 0.05) is 35.6 Å². The van der Waals surface area contributed by atoms with Crippen molar-refractivity contribution in [3.8, 4) is 5.75 Å². The second kappa shape index (κ2) is 10.5. The zero-order chi connectivity index (χ0) is 25.9. The number of anilines is 1. The molecule has 190 valence electrons. The predicted molar refractivity (Wildman–Crippen MR) is 142 cm³/mol. The van der Waals surface area contributed by atoms with Gasteiger partial charge < -0.3 is 9.30 Å². The lowest BCUT2D eigenvalue weighted by molar-refractivity contribution is 0.319. The maximum absolute atomic E-state index is 12.7. The Kier molecular flexibility index (Phi) is 7.60. The molecular formula is C25H26ClN3O5S2. The van der Waals surface area contributed by atoms with E-state index >= 15 is 0 Å². The molecule has 0 amide bonds. The molecule has 36 heavy (non-hydrogen) atoms. The summed E-state index contributed by atoms with van der Waals surface area (Å²) in [6.07, 6.45) is 2.81. The topological polar surface area (TPSA) is 120 Å². The normalized spacial score (nSPS) is 12.1. The largest absolute Gasteiger partial charge is 0.493 e. The Hall–Kier alpha value is -3.05. The Labute approximate surface area is 215 Å². The van der Waals surface area contributed by atoms with E-state index in [4.69, 9.17) is 21.5 Å². The molecule has 0 aliphatic carbocycles. The fraction of sp³-hybridized carbons (Fsp3) is 0.200. The van der Waals surface area contributed by atoms with Gasteiger partial charge in [-0.25, -0.2) is 22.0 Å². The first-order chi connectivity index (χ1) is 17.0. The first-order valence-corrected chi connectivity index (χ1v) is 14.7. The highest BCUT2D eigenvalue weighted by molar-refractivity contribution is 7.93. The molecule has 0 fully saturated rings. The van der Waals surface area contributed by atoms with Crippen LogP contribution in [0.1, 0.15) is 11.1 Å². The van der Waals surface area contributed by atoms with Crippen molar-refractivity contribution in [2.24, 2.45) is 12.2 Å². The van der Waals surface area contributed by atoms with Gasteiger partial charge in [-0.2, -0.15) is 0 Å². The van der Waals surface area contributed by atoms with Crippen molar-refractivity contribution in [1.82, 2.24) is 4.57 Å². The van der Waals surface area contributed by atoms with Gasteiger partial charge in [-0.05, 0) is 53.9 Å². The molecule has 0 atom stereocenters. The van der Waals surface area contributed by atoms with Gasteiger partial charge in [0.2, 0.25) is 20.0 Å². The van der Waals surface area contributed by atoms with Crippen LogP contribution in [0.3, 0.4) is 0 Å². The number of aromatic nitrogens is 1. The van der Waals surface area contributed by atoms with Crippen LogP contribution < -0.4 is 14.6 Å². The molecule has 3 N–H and O–H groups in total. The van der Waals surface area contributed by atoms with E-state index in [0.29, 0.717) is 29.4 Å². The summed E-state index contributed by atoms with van der Waals surface area (Å²) >= 11 is 6.17. The van der Waals surface area contributed by atoms with Gasteiger partial charge in [0.15, 0.2) is 0 Å². The minimum absolute atomic E-state index is 0.0948. The molecule has 0 spiro atoms. The lowest BCUT2D eigenvalue weighted by atomic mass is 10.1. The van der Waals surface area contributed by atoms with Crippen molar-refractivity contribution in [1.29, 1.82) is 0 Å². The van der Waals surface area contributed by atoms with Crippen LogP contribution in [-0.2, 0) is 39.9 Å². The second-order valence-electron chi connectivity index (χ2n) is 8.34. The third kappa shape index (κ3) is 6.19. The number of nitrogens with one attached hydrogen (secondary N) is 1. The van der Waals surface area contributed by atoms with Gasteiger partial charge in [0.25, 0.3) is 0 Å². The summed E-state index contributed by atoms with van der Waals surface area (Å²) in [5, 5.41) is 6.84. The molecule has 8 nitrogen and oxygen atoms in total. The van der Waals surface area contributed by atoms with Crippen LogP contribution in [0, 0.1) is 0 Å². The lowest BCUT2D eigenvalue weighted by Crippen LogP contribution is -2.21. The van der Waals surface area contributed by atoms with E-state index in [1.165, 1.54) is 24.3 Å². The molecule has 3 aromatic carbocycles. The Balaban J connectivity index is 1.45. The third-order valence-electron chi connectivity index (χ3n) is 5.78. The van der Waals surface area contributed by atoms with E-state index in [1.807, 2.05) is 19.3 Å². The van der Waals surface area contributed by atoms with Crippen LogP contribution in [0.5, 0.6) is 5.75 Å². The van der Waals surface area contributed by atoms with E-state index in [2.05, 4.69) is 27.5 Å². The van der Waals surface area contributed by atoms with Gasteiger partial charge in [0.1, 0.15) is 10.6 Å². The molecule has 4 aromatic rings. The monoisotopic (exact) mass is 547 g/mol. The Morgan fingerprint density at radius 3 is 2.50 bits per heavy atom. The highest BCUT2D eigenvalue weighted by Gasteiger charge is 2.19. The van der Waals surface area contributed by atoms with Gasteiger partial charge in [-0.3, -0.25) is 4.72 Å². The maximum atomic E-state index is 12.7. The van der Waals surface area contributed by atoms with Crippen molar-refractivity contribution in [3.63, 3.8) is 0 Å². The standard InChI is InChI=1S/C25H26ClN3O5S2/c1-29-14-11-21-18(5-4-7-23(21)29)12-15-34-24-17-20(26)10-9-19(24)13-16-35(30,31)28-22-6-2-3-8-25(22)36(27,32)33/h2-11,14,17,28H,12-13,15-16H2,1H3,(H2,27,32,33). The summed E-state index contributed by atoms with van der Waals surface area (Å²) in [6, 6.07) is 18.8. The maximum Gasteiger partial charge on any atom is 0.240 e. The van der Waals surface area contributed by atoms with Crippen molar-refractivity contribution < 1.29 is 21.6 Å². The summed E-state index contributed by atoms with van der Waals surface area (Å²) < 4.78 is 59.5. The first-order valence-electron chi connectivity index (χ1n) is 11.1. The number of benzene rings is 3. The average Bonchev–Trinajstić information content (AvgIpc) is 3.19.